The van der Waals surface area contributed by atoms with E-state index in [1.54, 1.807) is 7.05 Å². The summed E-state index contributed by atoms with van der Waals surface area (Å²) in [4.78, 5) is 16.2. The van der Waals surface area contributed by atoms with Crippen LogP contribution >= 0.6 is 0 Å². The van der Waals surface area contributed by atoms with Crippen LogP contribution < -0.4 is 16.0 Å². The van der Waals surface area contributed by atoms with Crippen LogP contribution in [-0.2, 0) is 11.3 Å². The molecule has 0 fully saturated rings. The van der Waals surface area contributed by atoms with Gasteiger partial charge in [-0.3, -0.25) is 9.79 Å². The van der Waals surface area contributed by atoms with Gasteiger partial charge in [-0.2, -0.15) is 5.10 Å². The third-order valence-corrected chi connectivity index (χ3v) is 3.83. The molecule has 1 amide bonds. The van der Waals surface area contributed by atoms with Crippen LogP contribution in [0.4, 0.5) is 0 Å². The number of rotatable bonds is 5. The van der Waals surface area contributed by atoms with Gasteiger partial charge in [0, 0.05) is 24.8 Å². The van der Waals surface area contributed by atoms with Crippen LogP contribution in [0.2, 0.25) is 0 Å². The smallest absolute Gasteiger partial charge is 0.239 e. The van der Waals surface area contributed by atoms with Gasteiger partial charge in [-0.05, 0) is 52.3 Å². The molecule has 0 aliphatic carbocycles. The van der Waals surface area contributed by atoms with Gasteiger partial charge in [0.2, 0.25) is 5.91 Å². The summed E-state index contributed by atoms with van der Waals surface area (Å²) in [6.07, 6.45) is 0. The Kier molecular flexibility index (Phi) is 6.60. The fourth-order valence-electron chi connectivity index (χ4n) is 2.77. The number of aromatic nitrogens is 2. The van der Waals surface area contributed by atoms with E-state index in [0.717, 1.165) is 22.6 Å². The summed E-state index contributed by atoms with van der Waals surface area (Å²) in [5, 5.41) is 13.8. The van der Waals surface area contributed by atoms with E-state index in [-0.39, 0.29) is 18.0 Å². The second-order valence-electron chi connectivity index (χ2n) is 7.55. The molecule has 0 bridgehead atoms. The number of hydrogen-bond donors (Lipinski definition) is 3. The van der Waals surface area contributed by atoms with E-state index in [1.165, 1.54) is 0 Å². The number of nitrogens with one attached hydrogen (secondary N) is 3. The van der Waals surface area contributed by atoms with Crippen LogP contribution in [0.1, 0.15) is 37.7 Å². The molecule has 0 radical (unpaired) electrons. The van der Waals surface area contributed by atoms with E-state index in [4.69, 9.17) is 0 Å². The van der Waals surface area contributed by atoms with Gasteiger partial charge in [0.05, 0.1) is 17.9 Å². The Morgan fingerprint density at radius 3 is 2.48 bits per heavy atom. The normalized spacial score (nSPS) is 12.0. The summed E-state index contributed by atoms with van der Waals surface area (Å²) in [7, 11) is 1.68. The topological polar surface area (TPSA) is 83.3 Å². The van der Waals surface area contributed by atoms with E-state index >= 15 is 0 Å². The molecule has 0 unspecified atom stereocenters. The van der Waals surface area contributed by atoms with Crippen molar-refractivity contribution >= 4 is 11.9 Å². The summed E-state index contributed by atoms with van der Waals surface area (Å²) in [6.45, 7) is 10.6. The van der Waals surface area contributed by atoms with Gasteiger partial charge in [-0.15, -0.1) is 0 Å². The molecule has 3 N–H and O–H groups in total. The van der Waals surface area contributed by atoms with Gasteiger partial charge in [0.1, 0.15) is 0 Å². The Bertz CT molecular complexity index is 816. The molecule has 2 aromatic rings. The Morgan fingerprint density at radius 1 is 1.19 bits per heavy atom. The molecule has 0 spiro atoms. The molecule has 1 aromatic carbocycles. The Hall–Kier alpha value is -2.83. The molecular formula is C20H30N6O. The van der Waals surface area contributed by atoms with Crippen molar-refractivity contribution in [1.82, 2.24) is 25.7 Å². The highest BCUT2D eigenvalue weighted by atomic mass is 16.2. The standard InChI is InChI=1S/C20H30N6O/c1-14-11-15(2)26(25-14)17-10-8-7-9-16(17)12-22-19(21-6)23-13-18(27)24-20(3,4)5/h7-11H,12-13H2,1-6H3,(H,24,27)(H2,21,22,23). The molecule has 2 rings (SSSR count). The molecule has 7 nitrogen and oxygen atoms in total. The minimum absolute atomic E-state index is 0.0755. The highest BCUT2D eigenvalue weighted by Gasteiger charge is 2.14. The Balaban J connectivity index is 2.01. The maximum atomic E-state index is 12.0. The van der Waals surface area contributed by atoms with Crippen molar-refractivity contribution in [2.75, 3.05) is 13.6 Å². The largest absolute Gasteiger partial charge is 0.352 e. The lowest BCUT2D eigenvalue weighted by Crippen LogP contribution is -2.48. The third kappa shape index (κ3) is 6.13. The van der Waals surface area contributed by atoms with Crippen molar-refractivity contribution in [3.05, 3.63) is 47.3 Å². The molecule has 0 saturated carbocycles. The second-order valence-corrected chi connectivity index (χ2v) is 7.55. The first-order valence-electron chi connectivity index (χ1n) is 9.06. The Labute approximate surface area is 161 Å². The number of aryl methyl sites for hydroxylation is 2. The summed E-state index contributed by atoms with van der Waals surface area (Å²) in [5.41, 5.74) is 3.93. The van der Waals surface area contributed by atoms with E-state index in [0.29, 0.717) is 12.5 Å². The second kappa shape index (κ2) is 8.70. The predicted octanol–water partition coefficient (Wildman–Crippen LogP) is 2.07. The number of carbonyl (C=O) groups excluding carboxylic acids is 1. The number of benzene rings is 1. The SMILES string of the molecule is CN=C(NCC(=O)NC(C)(C)C)NCc1ccccc1-n1nc(C)cc1C. The van der Waals surface area contributed by atoms with E-state index < -0.39 is 0 Å². The van der Waals surface area contributed by atoms with Crippen LogP contribution in [0, 0.1) is 13.8 Å². The summed E-state index contributed by atoms with van der Waals surface area (Å²) in [5.74, 6) is 0.496. The van der Waals surface area contributed by atoms with Gasteiger partial charge < -0.3 is 16.0 Å². The molecule has 27 heavy (non-hydrogen) atoms. The van der Waals surface area contributed by atoms with Crippen molar-refractivity contribution in [3.8, 4) is 5.69 Å². The number of guanidine groups is 1. The fraction of sp³-hybridized carbons (Fsp3) is 0.450. The molecule has 0 aliphatic heterocycles. The van der Waals surface area contributed by atoms with Crippen molar-refractivity contribution in [2.24, 2.45) is 4.99 Å². The minimum atomic E-state index is -0.256. The number of amides is 1. The summed E-state index contributed by atoms with van der Waals surface area (Å²) >= 11 is 0. The predicted molar refractivity (Wildman–Crippen MR) is 109 cm³/mol. The maximum Gasteiger partial charge on any atom is 0.239 e. The first kappa shape index (κ1) is 20.5. The van der Waals surface area contributed by atoms with E-state index in [2.05, 4.69) is 38.2 Å². The van der Waals surface area contributed by atoms with Crippen LogP contribution in [-0.4, -0.2) is 40.8 Å². The monoisotopic (exact) mass is 370 g/mol. The van der Waals surface area contributed by atoms with Gasteiger partial charge in [-0.1, -0.05) is 18.2 Å². The molecule has 1 heterocycles. The van der Waals surface area contributed by atoms with Gasteiger partial charge >= 0.3 is 0 Å². The average Bonchev–Trinajstić information content (AvgIpc) is 2.92. The van der Waals surface area contributed by atoms with Crippen molar-refractivity contribution in [3.63, 3.8) is 0 Å². The Morgan fingerprint density at radius 2 is 1.89 bits per heavy atom. The van der Waals surface area contributed by atoms with Crippen LogP contribution in [0.25, 0.3) is 5.69 Å². The average molecular weight is 371 g/mol. The lowest BCUT2D eigenvalue weighted by atomic mass is 10.1. The summed E-state index contributed by atoms with van der Waals surface area (Å²) in [6, 6.07) is 10.2. The van der Waals surface area contributed by atoms with E-state index in [1.807, 2.05) is 57.5 Å². The number of para-hydroxylation sites is 1. The number of aliphatic imine (C=N–C) groups is 1. The van der Waals surface area contributed by atoms with Gasteiger partial charge in [0.25, 0.3) is 0 Å². The van der Waals surface area contributed by atoms with Gasteiger partial charge in [0.15, 0.2) is 5.96 Å². The van der Waals surface area contributed by atoms with Crippen LogP contribution in [0.3, 0.4) is 0 Å². The lowest BCUT2D eigenvalue weighted by molar-refractivity contribution is -0.121. The van der Waals surface area contributed by atoms with Crippen molar-refractivity contribution < 1.29 is 4.79 Å². The van der Waals surface area contributed by atoms with Gasteiger partial charge in [-0.25, -0.2) is 4.68 Å². The molecule has 1 aromatic heterocycles. The maximum absolute atomic E-state index is 12.0. The third-order valence-electron chi connectivity index (χ3n) is 3.83. The lowest BCUT2D eigenvalue weighted by Gasteiger charge is -2.21. The molecule has 0 saturated heterocycles. The highest BCUT2D eigenvalue weighted by molar-refractivity contribution is 5.86. The van der Waals surface area contributed by atoms with Crippen LogP contribution in [0.5, 0.6) is 0 Å². The fourth-order valence-corrected chi connectivity index (χ4v) is 2.77. The van der Waals surface area contributed by atoms with Crippen molar-refractivity contribution in [1.29, 1.82) is 0 Å². The molecule has 0 aliphatic rings. The number of hydrogen-bond acceptors (Lipinski definition) is 3. The first-order chi connectivity index (χ1) is 12.7. The van der Waals surface area contributed by atoms with Crippen molar-refractivity contribution in [2.45, 2.75) is 46.7 Å². The zero-order chi connectivity index (χ0) is 20.0. The molecule has 7 heteroatoms. The quantitative estimate of drug-likeness (QED) is 0.556. The first-order valence-corrected chi connectivity index (χ1v) is 9.06. The van der Waals surface area contributed by atoms with Crippen LogP contribution in [0.15, 0.2) is 35.3 Å². The molecular weight excluding hydrogens is 340 g/mol. The molecule has 146 valence electrons. The zero-order valence-electron chi connectivity index (χ0n) is 17.1. The molecule has 0 atom stereocenters. The zero-order valence-corrected chi connectivity index (χ0v) is 17.1. The highest BCUT2D eigenvalue weighted by Crippen LogP contribution is 2.16. The number of carbonyl (C=O) groups is 1. The van der Waals surface area contributed by atoms with E-state index in [9.17, 15) is 4.79 Å². The number of nitrogens with zero attached hydrogens (tertiary/aromatic N) is 3. The summed E-state index contributed by atoms with van der Waals surface area (Å²) < 4.78 is 1.94. The minimum Gasteiger partial charge on any atom is -0.352 e.